The molecule has 0 saturated heterocycles. The molecule has 0 fully saturated rings. The van der Waals surface area contributed by atoms with Crippen molar-refractivity contribution in [2.24, 2.45) is 0 Å². The van der Waals surface area contributed by atoms with E-state index in [4.69, 9.17) is 9.84 Å². The third kappa shape index (κ3) is 4.20. The van der Waals surface area contributed by atoms with Crippen molar-refractivity contribution in [2.75, 3.05) is 0 Å². The van der Waals surface area contributed by atoms with Crippen LogP contribution in [0.15, 0.2) is 35.7 Å². The molecule has 0 atom stereocenters. The normalized spacial score (nSPS) is 10.8. The molecule has 1 aromatic heterocycles. The smallest absolute Gasteiger partial charge is 0.328 e. The molecule has 0 aliphatic rings. The molecular weight excluding hydrogens is 274 g/mol. The van der Waals surface area contributed by atoms with Crippen molar-refractivity contribution in [3.05, 3.63) is 52.0 Å². The number of aromatic nitrogens is 1. The fraction of sp³-hybridized carbons (Fsp3) is 0.200. The van der Waals surface area contributed by atoms with Crippen molar-refractivity contribution in [3.8, 4) is 5.75 Å². The molecule has 1 heterocycles. The van der Waals surface area contributed by atoms with E-state index in [1.54, 1.807) is 17.4 Å². The molecule has 0 spiro atoms. The average Bonchev–Trinajstić information content (AvgIpc) is 2.92. The van der Waals surface area contributed by atoms with E-state index in [1.165, 1.54) is 0 Å². The van der Waals surface area contributed by atoms with Crippen LogP contribution in [0.3, 0.4) is 0 Å². The molecule has 0 saturated carbocycles. The van der Waals surface area contributed by atoms with Crippen molar-refractivity contribution in [1.29, 1.82) is 0 Å². The van der Waals surface area contributed by atoms with Gasteiger partial charge in [-0.2, -0.15) is 0 Å². The number of carboxylic acid groups (broad SMARTS) is 1. The molecule has 4 nitrogen and oxygen atoms in total. The number of aliphatic carboxylic acids is 1. The van der Waals surface area contributed by atoms with Gasteiger partial charge in [-0.15, -0.1) is 11.3 Å². The number of rotatable bonds is 6. The van der Waals surface area contributed by atoms with Crippen molar-refractivity contribution < 1.29 is 14.6 Å². The first-order chi connectivity index (χ1) is 9.67. The Morgan fingerprint density at radius 3 is 2.75 bits per heavy atom. The minimum absolute atomic E-state index is 0.445. The van der Waals surface area contributed by atoms with Gasteiger partial charge < -0.3 is 9.84 Å². The zero-order valence-corrected chi connectivity index (χ0v) is 11.9. The number of ether oxygens (including phenoxy) is 1. The van der Waals surface area contributed by atoms with Gasteiger partial charge in [-0.1, -0.05) is 19.1 Å². The van der Waals surface area contributed by atoms with E-state index < -0.39 is 5.97 Å². The number of carbonyl (C=O) groups is 1. The van der Waals surface area contributed by atoms with Crippen LogP contribution >= 0.6 is 11.3 Å². The van der Waals surface area contributed by atoms with Crippen LogP contribution in [0.25, 0.3) is 6.08 Å². The van der Waals surface area contributed by atoms with Crippen LogP contribution in [0, 0.1) is 0 Å². The number of carboxylic acids is 1. The van der Waals surface area contributed by atoms with E-state index >= 15 is 0 Å². The van der Waals surface area contributed by atoms with Crippen LogP contribution < -0.4 is 4.74 Å². The summed E-state index contributed by atoms with van der Waals surface area (Å²) in [5.41, 5.74) is 1.75. The Kier molecular flexibility index (Phi) is 4.90. The summed E-state index contributed by atoms with van der Waals surface area (Å²) in [4.78, 5) is 14.8. The van der Waals surface area contributed by atoms with Gasteiger partial charge in [-0.3, -0.25) is 0 Å². The summed E-state index contributed by atoms with van der Waals surface area (Å²) in [5, 5.41) is 11.7. The standard InChI is InChI=1S/C15H15NO3S/c1-2-14-16-12(10-20-14)9-19-13-6-3-11(4-7-13)5-8-15(17)18/h3-8,10H,2,9H2,1H3,(H,17,18). The second kappa shape index (κ2) is 6.86. The predicted molar refractivity (Wildman–Crippen MR) is 78.9 cm³/mol. The third-order valence-corrected chi connectivity index (χ3v) is 3.63. The lowest BCUT2D eigenvalue weighted by atomic mass is 10.2. The molecule has 1 N–H and O–H groups in total. The van der Waals surface area contributed by atoms with Gasteiger partial charge in [0.25, 0.3) is 0 Å². The minimum Gasteiger partial charge on any atom is -0.487 e. The zero-order valence-electron chi connectivity index (χ0n) is 11.1. The van der Waals surface area contributed by atoms with E-state index in [2.05, 4.69) is 11.9 Å². The third-order valence-electron chi connectivity index (χ3n) is 2.59. The fourth-order valence-electron chi connectivity index (χ4n) is 1.58. The summed E-state index contributed by atoms with van der Waals surface area (Å²) in [7, 11) is 0. The lowest BCUT2D eigenvalue weighted by Crippen LogP contribution is -1.96. The van der Waals surface area contributed by atoms with Crippen molar-refractivity contribution in [2.45, 2.75) is 20.0 Å². The maximum Gasteiger partial charge on any atom is 0.328 e. The molecule has 0 aliphatic carbocycles. The van der Waals surface area contributed by atoms with E-state index in [9.17, 15) is 4.79 Å². The quantitative estimate of drug-likeness (QED) is 0.828. The Labute approximate surface area is 121 Å². The van der Waals surface area contributed by atoms with Crippen LogP contribution in [0.4, 0.5) is 0 Å². The number of aryl methyl sites for hydroxylation is 1. The molecule has 1 aromatic carbocycles. The summed E-state index contributed by atoms with van der Waals surface area (Å²) < 4.78 is 5.63. The summed E-state index contributed by atoms with van der Waals surface area (Å²) in [6.45, 7) is 2.52. The zero-order chi connectivity index (χ0) is 14.4. The fourth-order valence-corrected chi connectivity index (χ4v) is 2.31. The number of thiazole rings is 1. The van der Waals surface area contributed by atoms with Crippen LogP contribution in [0.1, 0.15) is 23.2 Å². The van der Waals surface area contributed by atoms with Gasteiger partial charge in [0.05, 0.1) is 10.7 Å². The highest BCUT2D eigenvalue weighted by Gasteiger charge is 2.01. The highest BCUT2D eigenvalue weighted by Crippen LogP contribution is 2.16. The highest BCUT2D eigenvalue weighted by molar-refractivity contribution is 7.09. The van der Waals surface area contributed by atoms with E-state index in [-0.39, 0.29) is 0 Å². The molecule has 2 aromatic rings. The van der Waals surface area contributed by atoms with Gasteiger partial charge in [-0.25, -0.2) is 9.78 Å². The lowest BCUT2D eigenvalue weighted by molar-refractivity contribution is -0.131. The molecule has 5 heteroatoms. The number of hydrogen-bond acceptors (Lipinski definition) is 4. The Balaban J connectivity index is 1.92. The topological polar surface area (TPSA) is 59.4 Å². The van der Waals surface area contributed by atoms with Crippen LogP contribution in [0.2, 0.25) is 0 Å². The molecule has 0 bridgehead atoms. The average molecular weight is 289 g/mol. The summed E-state index contributed by atoms with van der Waals surface area (Å²) >= 11 is 1.64. The van der Waals surface area contributed by atoms with Crippen molar-refractivity contribution >= 4 is 23.4 Å². The molecule has 0 amide bonds. The first-order valence-corrected chi connectivity index (χ1v) is 7.12. The van der Waals surface area contributed by atoms with Gasteiger partial charge in [0, 0.05) is 11.5 Å². The second-order valence-corrected chi connectivity index (χ2v) is 5.06. The van der Waals surface area contributed by atoms with E-state index in [0.29, 0.717) is 6.61 Å². The molecule has 0 radical (unpaired) electrons. The molecule has 0 aliphatic heterocycles. The molecule has 0 unspecified atom stereocenters. The van der Waals surface area contributed by atoms with Crippen LogP contribution in [-0.4, -0.2) is 16.1 Å². The first-order valence-electron chi connectivity index (χ1n) is 6.24. The molecule has 104 valence electrons. The maximum atomic E-state index is 10.4. The van der Waals surface area contributed by atoms with Gasteiger partial charge in [0.2, 0.25) is 0 Å². The number of nitrogens with zero attached hydrogens (tertiary/aromatic N) is 1. The largest absolute Gasteiger partial charge is 0.487 e. The van der Waals surface area contributed by atoms with Gasteiger partial charge in [0.15, 0.2) is 0 Å². The SMILES string of the molecule is CCc1nc(COc2ccc(C=CC(=O)O)cc2)cs1. The molecular formula is C15H15NO3S. The number of benzene rings is 1. The Morgan fingerprint density at radius 2 is 2.15 bits per heavy atom. The summed E-state index contributed by atoms with van der Waals surface area (Å²) in [6, 6.07) is 7.25. The minimum atomic E-state index is -0.958. The van der Waals surface area contributed by atoms with Crippen molar-refractivity contribution in [3.63, 3.8) is 0 Å². The van der Waals surface area contributed by atoms with E-state index in [1.807, 2.05) is 29.6 Å². The monoisotopic (exact) mass is 289 g/mol. The molecule has 20 heavy (non-hydrogen) atoms. The van der Waals surface area contributed by atoms with E-state index in [0.717, 1.165) is 34.5 Å². The Morgan fingerprint density at radius 1 is 1.40 bits per heavy atom. The van der Waals surface area contributed by atoms with Crippen LogP contribution in [0.5, 0.6) is 5.75 Å². The van der Waals surface area contributed by atoms with Gasteiger partial charge >= 0.3 is 5.97 Å². The first kappa shape index (κ1) is 14.3. The Hall–Kier alpha value is -2.14. The van der Waals surface area contributed by atoms with Crippen LogP contribution in [-0.2, 0) is 17.8 Å². The molecule has 2 rings (SSSR count). The van der Waals surface area contributed by atoms with Gasteiger partial charge in [0.1, 0.15) is 12.4 Å². The summed E-state index contributed by atoms with van der Waals surface area (Å²) in [5.74, 6) is -0.218. The summed E-state index contributed by atoms with van der Waals surface area (Å²) in [6.07, 6.45) is 3.59. The predicted octanol–water partition coefficient (Wildman–Crippen LogP) is 3.38. The lowest BCUT2D eigenvalue weighted by Gasteiger charge is -2.04. The highest BCUT2D eigenvalue weighted by atomic mass is 32.1. The van der Waals surface area contributed by atoms with Gasteiger partial charge in [-0.05, 0) is 30.2 Å². The number of hydrogen-bond donors (Lipinski definition) is 1. The van der Waals surface area contributed by atoms with Crippen molar-refractivity contribution in [1.82, 2.24) is 4.98 Å². The Bertz CT molecular complexity index is 602. The second-order valence-electron chi connectivity index (χ2n) is 4.12. The maximum absolute atomic E-state index is 10.4.